The summed E-state index contributed by atoms with van der Waals surface area (Å²) < 4.78 is 46.6. The third-order valence-electron chi connectivity index (χ3n) is 3.15. The first-order valence-corrected chi connectivity index (χ1v) is 8.33. The molecule has 1 aromatic rings. The molecule has 7 heteroatoms. The highest BCUT2D eigenvalue weighted by Gasteiger charge is 2.26. The van der Waals surface area contributed by atoms with E-state index in [0.717, 1.165) is 6.07 Å². The van der Waals surface area contributed by atoms with Crippen molar-refractivity contribution >= 4 is 15.7 Å². The molecule has 0 saturated heterocycles. The van der Waals surface area contributed by atoms with Gasteiger partial charge in [0.2, 0.25) is 10.0 Å². The zero-order chi connectivity index (χ0) is 16.2. The molecule has 0 spiro atoms. The van der Waals surface area contributed by atoms with Crippen LogP contribution in [0.25, 0.3) is 0 Å². The third-order valence-corrected chi connectivity index (χ3v) is 4.63. The van der Waals surface area contributed by atoms with Crippen molar-refractivity contribution in [3.63, 3.8) is 0 Å². The Morgan fingerprint density at radius 2 is 2.00 bits per heavy atom. The van der Waals surface area contributed by atoms with Gasteiger partial charge in [0.25, 0.3) is 0 Å². The molecular formula is C14H23FN2O3S. The molecule has 0 amide bonds. The second kappa shape index (κ2) is 7.20. The van der Waals surface area contributed by atoms with E-state index in [0.29, 0.717) is 6.61 Å². The molecule has 0 aliphatic rings. The van der Waals surface area contributed by atoms with Crippen LogP contribution in [0.5, 0.6) is 0 Å². The average Bonchev–Trinajstić information content (AvgIpc) is 2.38. The molecule has 0 radical (unpaired) electrons. The highest BCUT2D eigenvalue weighted by Crippen LogP contribution is 2.22. The minimum absolute atomic E-state index is 0.0107. The fourth-order valence-electron chi connectivity index (χ4n) is 1.83. The number of sulfonamides is 1. The first kappa shape index (κ1) is 17.9. The van der Waals surface area contributed by atoms with Crippen LogP contribution in [-0.4, -0.2) is 27.7 Å². The van der Waals surface area contributed by atoms with Gasteiger partial charge in [-0.2, -0.15) is 0 Å². The van der Waals surface area contributed by atoms with E-state index in [1.807, 2.05) is 20.8 Å². The van der Waals surface area contributed by atoms with Crippen LogP contribution < -0.4 is 10.5 Å². The van der Waals surface area contributed by atoms with E-state index >= 15 is 0 Å². The van der Waals surface area contributed by atoms with Crippen LogP contribution in [-0.2, 0) is 14.8 Å². The number of aryl methyl sites for hydroxylation is 1. The van der Waals surface area contributed by atoms with E-state index < -0.39 is 26.8 Å². The van der Waals surface area contributed by atoms with Crippen molar-refractivity contribution in [2.45, 2.75) is 38.6 Å². The third kappa shape index (κ3) is 4.66. The van der Waals surface area contributed by atoms with Crippen molar-refractivity contribution in [1.29, 1.82) is 0 Å². The Morgan fingerprint density at radius 1 is 1.38 bits per heavy atom. The standard InChI is InChI=1S/C14H23FN2O3S/c1-5-20-8-12(9(2)3)17-21(18,19)13-7-11(16)6-10(4)14(13)15/h6-7,9,12,17H,5,8,16H2,1-4H3. The van der Waals surface area contributed by atoms with Gasteiger partial charge in [-0.15, -0.1) is 0 Å². The number of hydrogen-bond donors (Lipinski definition) is 2. The number of nitrogen functional groups attached to an aromatic ring is 1. The van der Waals surface area contributed by atoms with Crippen LogP contribution in [0.2, 0.25) is 0 Å². The number of nitrogens with two attached hydrogens (primary N) is 1. The number of anilines is 1. The second-order valence-corrected chi connectivity index (χ2v) is 6.96. The lowest BCUT2D eigenvalue weighted by molar-refractivity contribution is 0.116. The van der Waals surface area contributed by atoms with E-state index in [-0.39, 0.29) is 23.8 Å². The lowest BCUT2D eigenvalue weighted by atomic mass is 10.1. The molecule has 1 atom stereocenters. The van der Waals surface area contributed by atoms with Crippen LogP contribution in [0.1, 0.15) is 26.3 Å². The minimum atomic E-state index is -4.00. The van der Waals surface area contributed by atoms with Crippen LogP contribution in [0.15, 0.2) is 17.0 Å². The summed E-state index contributed by atoms with van der Waals surface area (Å²) in [5.41, 5.74) is 6.02. The number of rotatable bonds is 7. The van der Waals surface area contributed by atoms with E-state index in [1.54, 1.807) is 0 Å². The number of ether oxygens (including phenoxy) is 1. The first-order valence-electron chi connectivity index (χ1n) is 6.84. The van der Waals surface area contributed by atoms with Gasteiger partial charge in [0.15, 0.2) is 0 Å². The molecule has 120 valence electrons. The van der Waals surface area contributed by atoms with Gasteiger partial charge in [-0.05, 0) is 37.5 Å². The molecule has 1 unspecified atom stereocenters. The number of hydrogen-bond acceptors (Lipinski definition) is 4. The van der Waals surface area contributed by atoms with Gasteiger partial charge in [0.05, 0.1) is 6.61 Å². The van der Waals surface area contributed by atoms with Crippen molar-refractivity contribution < 1.29 is 17.5 Å². The van der Waals surface area contributed by atoms with E-state index in [1.165, 1.54) is 13.0 Å². The van der Waals surface area contributed by atoms with E-state index in [2.05, 4.69) is 4.72 Å². The Balaban J connectivity index is 3.10. The van der Waals surface area contributed by atoms with Gasteiger partial charge < -0.3 is 10.5 Å². The molecule has 1 aromatic carbocycles. The smallest absolute Gasteiger partial charge is 0.243 e. The van der Waals surface area contributed by atoms with Crippen LogP contribution in [0.3, 0.4) is 0 Å². The highest BCUT2D eigenvalue weighted by atomic mass is 32.2. The van der Waals surface area contributed by atoms with Crippen LogP contribution in [0, 0.1) is 18.7 Å². The molecule has 0 aliphatic heterocycles. The largest absolute Gasteiger partial charge is 0.399 e. The predicted octanol–water partition coefficient (Wildman–Crippen LogP) is 2.06. The number of nitrogens with one attached hydrogen (secondary N) is 1. The SMILES string of the molecule is CCOCC(NS(=O)(=O)c1cc(N)cc(C)c1F)C(C)C. The number of benzene rings is 1. The van der Waals surface area contributed by atoms with Gasteiger partial charge in [-0.25, -0.2) is 17.5 Å². The van der Waals surface area contributed by atoms with Gasteiger partial charge in [0.1, 0.15) is 10.7 Å². The van der Waals surface area contributed by atoms with E-state index in [4.69, 9.17) is 10.5 Å². The minimum Gasteiger partial charge on any atom is -0.399 e. The van der Waals surface area contributed by atoms with Gasteiger partial charge in [-0.3, -0.25) is 0 Å². The predicted molar refractivity (Wildman–Crippen MR) is 81.0 cm³/mol. The monoisotopic (exact) mass is 318 g/mol. The summed E-state index contributed by atoms with van der Waals surface area (Å²) >= 11 is 0. The lowest BCUT2D eigenvalue weighted by Gasteiger charge is -2.22. The maximum atomic E-state index is 14.1. The lowest BCUT2D eigenvalue weighted by Crippen LogP contribution is -2.42. The summed E-state index contributed by atoms with van der Waals surface area (Å²) in [6.45, 7) is 7.75. The molecule has 5 nitrogen and oxygen atoms in total. The second-order valence-electron chi connectivity index (χ2n) is 5.28. The zero-order valence-electron chi connectivity index (χ0n) is 12.8. The summed E-state index contributed by atoms with van der Waals surface area (Å²) in [6.07, 6.45) is 0. The number of halogens is 1. The van der Waals surface area contributed by atoms with Crippen molar-refractivity contribution in [3.8, 4) is 0 Å². The highest BCUT2D eigenvalue weighted by molar-refractivity contribution is 7.89. The van der Waals surface area contributed by atoms with Gasteiger partial charge in [0, 0.05) is 18.3 Å². The normalized spacial score (nSPS) is 13.6. The Bertz CT molecular complexity index is 588. The topological polar surface area (TPSA) is 81.4 Å². The van der Waals surface area contributed by atoms with Gasteiger partial charge in [-0.1, -0.05) is 13.8 Å². The zero-order valence-corrected chi connectivity index (χ0v) is 13.6. The summed E-state index contributed by atoms with van der Waals surface area (Å²) in [4.78, 5) is -0.429. The van der Waals surface area contributed by atoms with Crippen molar-refractivity contribution in [2.75, 3.05) is 18.9 Å². The summed E-state index contributed by atoms with van der Waals surface area (Å²) in [5, 5.41) is 0. The van der Waals surface area contributed by atoms with E-state index in [9.17, 15) is 12.8 Å². The molecule has 0 aliphatic carbocycles. The molecule has 21 heavy (non-hydrogen) atoms. The molecule has 0 bridgehead atoms. The van der Waals surface area contributed by atoms with Gasteiger partial charge >= 0.3 is 0 Å². The summed E-state index contributed by atoms with van der Waals surface area (Å²) in [6, 6.07) is 2.09. The molecular weight excluding hydrogens is 295 g/mol. The summed E-state index contributed by atoms with van der Waals surface area (Å²) in [5.74, 6) is -0.771. The van der Waals surface area contributed by atoms with Crippen molar-refractivity contribution in [2.24, 2.45) is 5.92 Å². The summed E-state index contributed by atoms with van der Waals surface area (Å²) in [7, 11) is -4.00. The molecule has 1 rings (SSSR count). The van der Waals surface area contributed by atoms with Crippen LogP contribution in [0.4, 0.5) is 10.1 Å². The maximum Gasteiger partial charge on any atom is 0.243 e. The maximum absolute atomic E-state index is 14.1. The fourth-order valence-corrected chi connectivity index (χ4v) is 3.38. The van der Waals surface area contributed by atoms with Crippen LogP contribution >= 0.6 is 0 Å². The molecule has 0 fully saturated rings. The van der Waals surface area contributed by atoms with Crippen molar-refractivity contribution in [3.05, 3.63) is 23.5 Å². The fraction of sp³-hybridized carbons (Fsp3) is 0.571. The Hall–Kier alpha value is -1.18. The quantitative estimate of drug-likeness (QED) is 0.754. The molecule has 3 N–H and O–H groups in total. The molecule has 0 saturated carbocycles. The Kier molecular flexibility index (Phi) is 6.12. The average molecular weight is 318 g/mol. The Morgan fingerprint density at radius 3 is 2.52 bits per heavy atom. The van der Waals surface area contributed by atoms with Crippen molar-refractivity contribution in [1.82, 2.24) is 4.72 Å². The Labute approximate surface area is 125 Å². The molecule has 0 aromatic heterocycles. The molecule has 0 heterocycles. The first-order chi connectivity index (χ1) is 9.69.